The molecule has 0 atom stereocenters. The third kappa shape index (κ3) is 13.0. The lowest BCUT2D eigenvalue weighted by Crippen LogP contribution is -2.16. The van der Waals surface area contributed by atoms with E-state index >= 15 is 0 Å². The smallest absolute Gasteiger partial charge is 0.223 e. The molecule has 0 aliphatic rings. The van der Waals surface area contributed by atoms with Gasteiger partial charge in [0.05, 0.1) is 19.4 Å². The van der Waals surface area contributed by atoms with E-state index in [1.165, 1.54) is 96.0 Å². The lowest BCUT2D eigenvalue weighted by molar-refractivity contribution is 0.267. The van der Waals surface area contributed by atoms with Crippen LogP contribution in [-0.2, 0) is 13.2 Å². The van der Waals surface area contributed by atoms with Gasteiger partial charge in [-0.2, -0.15) is 0 Å². The van der Waals surface area contributed by atoms with E-state index in [1.807, 2.05) is 34.9 Å². The fourth-order valence-electron chi connectivity index (χ4n) is 4.60. The van der Waals surface area contributed by atoms with E-state index in [9.17, 15) is 9.90 Å². The van der Waals surface area contributed by atoms with Gasteiger partial charge in [-0.1, -0.05) is 134 Å². The minimum Gasteiger partial charge on any atom is -0.488 e. The summed E-state index contributed by atoms with van der Waals surface area (Å²) in [6.45, 7) is 3.28. The van der Waals surface area contributed by atoms with Crippen molar-refractivity contribution in [1.82, 2.24) is 4.57 Å². The van der Waals surface area contributed by atoms with Gasteiger partial charge < -0.3 is 14.4 Å². The number of pyridine rings is 1. The van der Waals surface area contributed by atoms with E-state index < -0.39 is 0 Å². The van der Waals surface area contributed by atoms with E-state index in [2.05, 4.69) is 6.92 Å². The maximum atomic E-state index is 12.4. The molecule has 0 spiro atoms. The molecule has 0 aliphatic carbocycles. The van der Waals surface area contributed by atoms with Crippen LogP contribution in [0.3, 0.4) is 0 Å². The summed E-state index contributed by atoms with van der Waals surface area (Å²) < 4.78 is 7.72. The normalized spacial score (nSPS) is 11.1. The number of unbranched alkanes of at least 4 members (excludes halogenated alkanes) is 15. The quantitative estimate of drug-likeness (QED) is 0.183. The molecule has 0 amide bonds. The van der Waals surface area contributed by atoms with E-state index in [1.54, 1.807) is 6.20 Å². The predicted molar refractivity (Wildman–Crippen MR) is 147 cm³/mol. The van der Waals surface area contributed by atoms with Gasteiger partial charge in [0.25, 0.3) is 0 Å². The summed E-state index contributed by atoms with van der Waals surface area (Å²) in [6.07, 6.45) is 23.2. The first-order chi connectivity index (χ1) is 17.2. The molecule has 0 saturated carbocycles. The first-order valence-corrected chi connectivity index (χ1v) is 14.3. The zero-order chi connectivity index (χ0) is 25.0. The number of benzene rings is 1. The molecule has 0 bridgehead atoms. The van der Waals surface area contributed by atoms with Crippen molar-refractivity contribution in [2.24, 2.45) is 0 Å². The Labute approximate surface area is 213 Å². The van der Waals surface area contributed by atoms with E-state index in [-0.39, 0.29) is 12.0 Å². The molecule has 35 heavy (non-hydrogen) atoms. The Balaban J connectivity index is 1.51. The fraction of sp³-hybridized carbons (Fsp3) is 0.645. The Morgan fingerprint density at radius 2 is 1.26 bits per heavy atom. The topological polar surface area (TPSA) is 51.5 Å². The average molecular weight is 484 g/mol. The number of hydrogen-bond donors (Lipinski definition) is 1. The van der Waals surface area contributed by atoms with Crippen molar-refractivity contribution in [3.8, 4) is 5.75 Å². The molecule has 1 aromatic heterocycles. The summed E-state index contributed by atoms with van der Waals surface area (Å²) in [5.41, 5.74) is 1.57. The SMILES string of the molecule is CCCCCCCCCCCCCCCCCCOc1cn(Cc2ccccc2)c(CO)cc1=O. The van der Waals surface area contributed by atoms with Crippen molar-refractivity contribution in [1.29, 1.82) is 0 Å². The van der Waals surface area contributed by atoms with Crippen molar-refractivity contribution in [3.05, 3.63) is 64.1 Å². The van der Waals surface area contributed by atoms with E-state index in [0.717, 1.165) is 18.4 Å². The van der Waals surface area contributed by atoms with Crippen molar-refractivity contribution in [2.45, 2.75) is 123 Å². The monoisotopic (exact) mass is 483 g/mol. The molecule has 0 radical (unpaired) electrons. The highest BCUT2D eigenvalue weighted by molar-refractivity contribution is 5.24. The van der Waals surface area contributed by atoms with Gasteiger partial charge in [0.2, 0.25) is 5.43 Å². The van der Waals surface area contributed by atoms with Crippen LogP contribution in [0.1, 0.15) is 121 Å². The van der Waals surface area contributed by atoms with Gasteiger partial charge in [-0.25, -0.2) is 0 Å². The maximum Gasteiger partial charge on any atom is 0.223 e. The third-order valence-corrected chi connectivity index (χ3v) is 6.80. The molecule has 1 aromatic carbocycles. The summed E-state index contributed by atoms with van der Waals surface area (Å²) in [4.78, 5) is 12.4. The van der Waals surface area contributed by atoms with Crippen LogP contribution in [0.25, 0.3) is 0 Å². The fourth-order valence-corrected chi connectivity index (χ4v) is 4.60. The van der Waals surface area contributed by atoms with Gasteiger partial charge in [0, 0.05) is 18.3 Å². The first kappa shape index (κ1) is 29.2. The highest BCUT2D eigenvalue weighted by Crippen LogP contribution is 2.15. The second-order valence-electron chi connectivity index (χ2n) is 9.92. The molecule has 0 saturated heterocycles. The summed E-state index contributed by atoms with van der Waals surface area (Å²) in [7, 11) is 0. The number of aliphatic hydroxyl groups excluding tert-OH is 1. The summed E-state index contributed by atoms with van der Waals surface area (Å²) >= 11 is 0. The Morgan fingerprint density at radius 1 is 0.743 bits per heavy atom. The molecular formula is C31H49NO3. The zero-order valence-electron chi connectivity index (χ0n) is 22.2. The van der Waals surface area contributed by atoms with Crippen LogP contribution in [0.4, 0.5) is 0 Å². The maximum absolute atomic E-state index is 12.4. The van der Waals surface area contributed by atoms with Crippen LogP contribution in [0.5, 0.6) is 5.75 Å². The van der Waals surface area contributed by atoms with Gasteiger partial charge in [-0.3, -0.25) is 4.79 Å². The van der Waals surface area contributed by atoms with Crippen LogP contribution in [0, 0.1) is 0 Å². The molecule has 196 valence electrons. The van der Waals surface area contributed by atoms with Crippen molar-refractivity contribution < 1.29 is 9.84 Å². The Bertz CT molecular complexity index is 831. The highest BCUT2D eigenvalue weighted by atomic mass is 16.5. The van der Waals surface area contributed by atoms with Gasteiger partial charge in [0.1, 0.15) is 0 Å². The largest absolute Gasteiger partial charge is 0.488 e. The van der Waals surface area contributed by atoms with Gasteiger partial charge in [0.15, 0.2) is 5.75 Å². The minimum atomic E-state index is -0.165. The standard InChI is InChI=1S/C31H49NO3/c1-2-3-4-5-6-7-8-9-10-11-12-13-14-15-16-20-23-35-31-26-32(29(27-33)24-30(31)34)25-28-21-18-17-19-22-28/h17-19,21-22,24,26,33H,2-16,20,23,25,27H2,1H3. The molecule has 2 aromatic rings. The summed E-state index contributed by atoms with van der Waals surface area (Å²) in [5, 5.41) is 9.64. The zero-order valence-corrected chi connectivity index (χ0v) is 22.2. The lowest BCUT2D eigenvalue weighted by atomic mass is 10.0. The molecule has 0 unspecified atom stereocenters. The number of rotatable bonds is 21. The molecule has 4 heteroatoms. The second-order valence-corrected chi connectivity index (χ2v) is 9.92. The number of nitrogens with zero attached hydrogens (tertiary/aromatic N) is 1. The van der Waals surface area contributed by atoms with Crippen LogP contribution in [-0.4, -0.2) is 16.3 Å². The van der Waals surface area contributed by atoms with Crippen molar-refractivity contribution in [3.63, 3.8) is 0 Å². The molecule has 0 fully saturated rings. The summed E-state index contributed by atoms with van der Waals surface area (Å²) in [6, 6.07) is 11.5. The molecular weight excluding hydrogens is 434 g/mol. The van der Waals surface area contributed by atoms with Gasteiger partial charge >= 0.3 is 0 Å². The number of aromatic nitrogens is 1. The molecule has 4 nitrogen and oxygen atoms in total. The third-order valence-electron chi connectivity index (χ3n) is 6.80. The van der Waals surface area contributed by atoms with E-state index in [0.29, 0.717) is 24.6 Å². The Hall–Kier alpha value is -2.07. The first-order valence-electron chi connectivity index (χ1n) is 14.3. The van der Waals surface area contributed by atoms with Crippen LogP contribution < -0.4 is 10.2 Å². The molecule has 0 aliphatic heterocycles. The van der Waals surface area contributed by atoms with Crippen molar-refractivity contribution >= 4 is 0 Å². The number of hydrogen-bond acceptors (Lipinski definition) is 3. The minimum absolute atomic E-state index is 0.158. The number of aliphatic hydroxyl groups is 1. The second kappa shape index (κ2) is 19.2. The summed E-state index contributed by atoms with van der Waals surface area (Å²) in [5.74, 6) is 0.374. The van der Waals surface area contributed by atoms with Gasteiger partial charge in [-0.05, 0) is 12.0 Å². The van der Waals surface area contributed by atoms with Crippen LogP contribution in [0.15, 0.2) is 47.4 Å². The van der Waals surface area contributed by atoms with E-state index in [4.69, 9.17) is 4.74 Å². The predicted octanol–water partition coefficient (Wildman–Crippen LogP) is 8.03. The molecule has 2 rings (SSSR count). The van der Waals surface area contributed by atoms with Gasteiger partial charge in [-0.15, -0.1) is 0 Å². The molecule has 1 N–H and O–H groups in total. The Kier molecular flexibility index (Phi) is 16.0. The average Bonchev–Trinajstić information content (AvgIpc) is 2.88. The van der Waals surface area contributed by atoms with Crippen molar-refractivity contribution in [2.75, 3.05) is 6.61 Å². The number of ether oxygens (including phenoxy) is 1. The highest BCUT2D eigenvalue weighted by Gasteiger charge is 2.08. The molecule has 1 heterocycles. The Morgan fingerprint density at radius 3 is 1.77 bits per heavy atom. The lowest BCUT2D eigenvalue weighted by Gasteiger charge is -2.14. The van der Waals surface area contributed by atoms with Crippen LogP contribution in [0.2, 0.25) is 0 Å². The van der Waals surface area contributed by atoms with Crippen LogP contribution >= 0.6 is 0 Å².